The van der Waals surface area contributed by atoms with E-state index < -0.39 is 9.05 Å². The van der Waals surface area contributed by atoms with Crippen LogP contribution in [0.5, 0.6) is 0 Å². The largest absolute Gasteiger partial charge is 0.261 e. The summed E-state index contributed by atoms with van der Waals surface area (Å²) in [5, 5.41) is 0.744. The van der Waals surface area contributed by atoms with Gasteiger partial charge in [0, 0.05) is 27.8 Å². The third-order valence-electron chi connectivity index (χ3n) is 3.04. The van der Waals surface area contributed by atoms with Crippen molar-refractivity contribution in [2.24, 2.45) is 0 Å². The maximum Gasteiger partial charge on any atom is 0.261 e. The van der Waals surface area contributed by atoms with Crippen molar-refractivity contribution in [2.45, 2.75) is 4.90 Å². The summed E-state index contributed by atoms with van der Waals surface area (Å²) in [6, 6.07) is 16.3. The van der Waals surface area contributed by atoms with Crippen molar-refractivity contribution in [1.29, 1.82) is 0 Å². The lowest BCUT2D eigenvalue weighted by atomic mass is 10.1. The minimum absolute atomic E-state index is 0.0821. The molecule has 20 heavy (non-hydrogen) atoms. The van der Waals surface area contributed by atoms with E-state index >= 15 is 0 Å². The molecule has 3 aromatic rings. The van der Waals surface area contributed by atoms with Gasteiger partial charge < -0.3 is 0 Å². The average Bonchev–Trinajstić information content (AvgIpc) is 2.46. The van der Waals surface area contributed by atoms with Crippen molar-refractivity contribution in [3.05, 3.63) is 60.8 Å². The zero-order valence-corrected chi connectivity index (χ0v) is 11.9. The maximum absolute atomic E-state index is 11.4. The van der Waals surface area contributed by atoms with Gasteiger partial charge in [-0.2, -0.15) is 0 Å². The smallest absolute Gasteiger partial charge is 0.256 e. The predicted octanol–water partition coefficient (Wildman–Crippen LogP) is 3.83. The van der Waals surface area contributed by atoms with Crippen LogP contribution in [0, 0.1) is 0 Å². The molecule has 2 aromatic carbocycles. The van der Waals surface area contributed by atoms with Crippen molar-refractivity contribution < 1.29 is 8.42 Å². The van der Waals surface area contributed by atoms with Gasteiger partial charge in [0.15, 0.2) is 0 Å². The van der Waals surface area contributed by atoms with Crippen LogP contribution in [0.2, 0.25) is 0 Å². The number of rotatable bonds is 2. The van der Waals surface area contributed by atoms with Crippen LogP contribution in [-0.2, 0) is 9.05 Å². The first kappa shape index (κ1) is 13.1. The number of fused-ring (bicyclic) bond motifs is 1. The highest BCUT2D eigenvalue weighted by Gasteiger charge is 2.11. The molecule has 100 valence electrons. The molecule has 0 aliphatic rings. The minimum Gasteiger partial charge on any atom is -0.256 e. The van der Waals surface area contributed by atoms with E-state index in [-0.39, 0.29) is 4.90 Å². The number of halogens is 1. The molecule has 0 N–H and O–H groups in total. The van der Waals surface area contributed by atoms with Crippen LogP contribution >= 0.6 is 10.7 Å². The Morgan fingerprint density at radius 2 is 1.65 bits per heavy atom. The molecule has 0 saturated carbocycles. The highest BCUT2D eigenvalue weighted by atomic mass is 35.7. The Morgan fingerprint density at radius 3 is 2.35 bits per heavy atom. The number of pyridine rings is 1. The first-order valence-corrected chi connectivity index (χ1v) is 8.25. The van der Waals surface area contributed by atoms with Gasteiger partial charge in [0.25, 0.3) is 9.05 Å². The summed E-state index contributed by atoms with van der Waals surface area (Å²) in [6.45, 7) is 0. The van der Waals surface area contributed by atoms with Gasteiger partial charge in [-0.25, -0.2) is 8.42 Å². The van der Waals surface area contributed by atoms with Gasteiger partial charge in [-0.05, 0) is 29.8 Å². The highest BCUT2D eigenvalue weighted by Crippen LogP contribution is 2.25. The van der Waals surface area contributed by atoms with Crippen LogP contribution < -0.4 is 0 Å². The zero-order chi connectivity index (χ0) is 14.2. The summed E-state index contributed by atoms with van der Waals surface area (Å²) in [5.74, 6) is 0. The molecule has 0 spiro atoms. The first-order chi connectivity index (χ1) is 9.54. The van der Waals surface area contributed by atoms with Crippen LogP contribution in [0.15, 0.2) is 65.7 Å². The Bertz CT molecular complexity index is 877. The van der Waals surface area contributed by atoms with E-state index in [1.807, 2.05) is 36.4 Å². The highest BCUT2D eigenvalue weighted by molar-refractivity contribution is 8.13. The molecule has 0 saturated heterocycles. The second-order valence-corrected chi connectivity index (χ2v) is 6.95. The van der Waals surface area contributed by atoms with Gasteiger partial charge >= 0.3 is 0 Å². The molecule has 0 aliphatic heterocycles. The molecule has 0 radical (unpaired) electrons. The van der Waals surface area contributed by atoms with Gasteiger partial charge in [-0.3, -0.25) is 4.98 Å². The maximum atomic E-state index is 11.4. The molecule has 1 heterocycles. The van der Waals surface area contributed by atoms with E-state index in [4.69, 9.17) is 10.7 Å². The summed E-state index contributed by atoms with van der Waals surface area (Å²) in [4.78, 5) is 4.42. The molecule has 0 unspecified atom stereocenters. The summed E-state index contributed by atoms with van der Waals surface area (Å²) in [6.07, 6.45) is 1.77. The monoisotopic (exact) mass is 303 g/mol. The van der Waals surface area contributed by atoms with Crippen LogP contribution in [0.1, 0.15) is 0 Å². The summed E-state index contributed by atoms with van der Waals surface area (Å²) in [7, 11) is 1.64. The van der Waals surface area contributed by atoms with Crippen LogP contribution in [0.4, 0.5) is 0 Å². The molecule has 0 fully saturated rings. The number of benzene rings is 2. The number of nitrogens with zero attached hydrogens (tertiary/aromatic N) is 1. The normalized spacial score (nSPS) is 11.7. The van der Waals surface area contributed by atoms with E-state index in [1.165, 1.54) is 12.1 Å². The summed E-state index contributed by atoms with van der Waals surface area (Å²) in [5.41, 5.74) is 2.69. The molecule has 1 aromatic heterocycles. The van der Waals surface area contributed by atoms with Crippen molar-refractivity contribution in [1.82, 2.24) is 4.98 Å². The third-order valence-corrected chi connectivity index (χ3v) is 4.39. The molecule has 0 amide bonds. The fourth-order valence-electron chi connectivity index (χ4n) is 2.05. The molecular weight excluding hydrogens is 294 g/mol. The van der Waals surface area contributed by atoms with E-state index in [1.54, 1.807) is 12.3 Å². The average molecular weight is 304 g/mol. The Balaban J connectivity index is 2.19. The Hall–Kier alpha value is -1.91. The Kier molecular flexibility index (Phi) is 3.20. The quantitative estimate of drug-likeness (QED) is 0.676. The van der Waals surface area contributed by atoms with Gasteiger partial charge in [-0.1, -0.05) is 30.3 Å². The van der Waals surface area contributed by atoms with Crippen molar-refractivity contribution in [2.75, 3.05) is 0 Å². The Labute approximate surface area is 121 Å². The van der Waals surface area contributed by atoms with E-state index in [0.29, 0.717) is 0 Å². The Morgan fingerprint density at radius 1 is 0.900 bits per heavy atom. The molecule has 0 bridgehead atoms. The van der Waals surface area contributed by atoms with Gasteiger partial charge in [0.05, 0.1) is 10.4 Å². The summed E-state index contributed by atoms with van der Waals surface area (Å²) >= 11 is 0. The fourth-order valence-corrected chi connectivity index (χ4v) is 2.84. The molecule has 5 heteroatoms. The van der Waals surface area contributed by atoms with Gasteiger partial charge in [-0.15, -0.1) is 0 Å². The lowest BCUT2D eigenvalue weighted by molar-refractivity contribution is 0.609. The van der Waals surface area contributed by atoms with Crippen molar-refractivity contribution in [3.8, 4) is 11.1 Å². The van der Waals surface area contributed by atoms with E-state index in [2.05, 4.69) is 4.98 Å². The molecule has 3 nitrogen and oxygen atoms in total. The topological polar surface area (TPSA) is 47.0 Å². The standard InChI is InChI=1S/C15H10ClNO2S/c16-20(18,19)14-6-7-15-12(9-14)8-13(10-17-15)11-4-2-1-3-5-11/h1-10H. The van der Waals surface area contributed by atoms with E-state index in [0.717, 1.165) is 22.0 Å². The van der Waals surface area contributed by atoms with Crippen LogP contribution in [0.3, 0.4) is 0 Å². The van der Waals surface area contributed by atoms with Gasteiger partial charge in [0.2, 0.25) is 0 Å². The second kappa shape index (κ2) is 4.89. The van der Waals surface area contributed by atoms with Gasteiger partial charge in [0.1, 0.15) is 0 Å². The molecule has 0 atom stereocenters. The summed E-state index contributed by atoms with van der Waals surface area (Å²) < 4.78 is 22.8. The molecule has 3 rings (SSSR count). The SMILES string of the molecule is O=S(=O)(Cl)c1ccc2ncc(-c3ccccc3)cc2c1. The molecular formula is C15H10ClNO2S. The lowest BCUT2D eigenvalue weighted by Gasteiger charge is -2.04. The second-order valence-electron chi connectivity index (χ2n) is 4.38. The lowest BCUT2D eigenvalue weighted by Crippen LogP contribution is -1.91. The minimum atomic E-state index is -3.73. The van der Waals surface area contributed by atoms with Crippen LogP contribution in [0.25, 0.3) is 22.0 Å². The van der Waals surface area contributed by atoms with Crippen molar-refractivity contribution >= 4 is 30.6 Å². The van der Waals surface area contributed by atoms with Crippen LogP contribution in [-0.4, -0.2) is 13.4 Å². The predicted molar refractivity (Wildman–Crippen MR) is 80.2 cm³/mol. The third kappa shape index (κ3) is 2.53. The number of aromatic nitrogens is 1. The molecule has 0 aliphatic carbocycles. The van der Waals surface area contributed by atoms with Crippen molar-refractivity contribution in [3.63, 3.8) is 0 Å². The zero-order valence-electron chi connectivity index (χ0n) is 10.3. The van der Waals surface area contributed by atoms with E-state index in [9.17, 15) is 8.42 Å². The fraction of sp³-hybridized carbons (Fsp3) is 0. The first-order valence-electron chi connectivity index (χ1n) is 5.94. The number of hydrogen-bond acceptors (Lipinski definition) is 3. The number of hydrogen-bond donors (Lipinski definition) is 0.